The molecule has 0 radical (unpaired) electrons. The van der Waals surface area contributed by atoms with Crippen LogP contribution < -0.4 is 10.1 Å². The van der Waals surface area contributed by atoms with E-state index in [0.29, 0.717) is 25.8 Å². The predicted molar refractivity (Wildman–Crippen MR) is 132 cm³/mol. The number of hydrogen-bond donors (Lipinski definition) is 1. The van der Waals surface area contributed by atoms with Crippen LogP contribution in [0.1, 0.15) is 49.4 Å². The number of rotatable bonds is 10. The maximum atomic E-state index is 12.8. The Hall–Kier alpha value is -3.50. The predicted octanol–water partition coefficient (Wildman–Crippen LogP) is 5.01. The van der Waals surface area contributed by atoms with Crippen molar-refractivity contribution in [3.8, 4) is 5.75 Å². The SMILES string of the molecule is CC1CC(=O)N(CCCCCC(=O)Oc2ccc(Cl)cc2C(=O)Nc2ccc([N+](=O)[O-])cc2Cl)C1=O. The summed E-state index contributed by atoms with van der Waals surface area (Å²) in [7, 11) is 0. The molecule has 0 saturated carbocycles. The van der Waals surface area contributed by atoms with Crippen molar-refractivity contribution in [1.82, 2.24) is 4.90 Å². The van der Waals surface area contributed by atoms with E-state index >= 15 is 0 Å². The smallest absolute Gasteiger partial charge is 0.311 e. The van der Waals surface area contributed by atoms with Gasteiger partial charge in [-0.1, -0.05) is 36.5 Å². The number of halogens is 2. The Morgan fingerprint density at radius 3 is 2.53 bits per heavy atom. The van der Waals surface area contributed by atoms with Gasteiger partial charge in [0.05, 0.1) is 21.2 Å². The molecule has 0 aromatic heterocycles. The number of esters is 1. The van der Waals surface area contributed by atoms with Gasteiger partial charge in [0.1, 0.15) is 5.75 Å². The molecule has 1 N–H and O–H groups in total. The fraction of sp³-hybridized carbons (Fsp3) is 0.333. The van der Waals surface area contributed by atoms with Gasteiger partial charge in [-0.2, -0.15) is 0 Å². The normalized spacial score (nSPS) is 15.2. The number of amides is 3. The highest BCUT2D eigenvalue weighted by molar-refractivity contribution is 6.34. The second kappa shape index (κ2) is 12.0. The molecule has 36 heavy (non-hydrogen) atoms. The third-order valence-corrected chi connectivity index (χ3v) is 6.10. The third kappa shape index (κ3) is 6.79. The second-order valence-corrected chi connectivity index (χ2v) is 9.13. The molecule has 1 fully saturated rings. The van der Waals surface area contributed by atoms with Gasteiger partial charge in [-0.25, -0.2) is 0 Å². The Kier molecular flexibility index (Phi) is 9.00. The first kappa shape index (κ1) is 27.1. The van der Waals surface area contributed by atoms with Crippen LogP contribution in [0, 0.1) is 16.0 Å². The van der Waals surface area contributed by atoms with Gasteiger partial charge in [0, 0.05) is 42.5 Å². The highest BCUT2D eigenvalue weighted by Gasteiger charge is 2.34. The maximum absolute atomic E-state index is 12.8. The van der Waals surface area contributed by atoms with Gasteiger partial charge >= 0.3 is 5.97 Å². The van der Waals surface area contributed by atoms with Crippen LogP contribution in [0.15, 0.2) is 36.4 Å². The first-order chi connectivity index (χ1) is 17.1. The van der Waals surface area contributed by atoms with E-state index in [-0.39, 0.29) is 63.3 Å². The molecule has 190 valence electrons. The molecule has 3 rings (SSSR count). The summed E-state index contributed by atoms with van der Waals surface area (Å²) in [5.74, 6) is -1.87. The number of nitro benzene ring substituents is 1. The number of hydrogen-bond acceptors (Lipinski definition) is 7. The van der Waals surface area contributed by atoms with Gasteiger partial charge in [-0.05, 0) is 37.1 Å². The van der Waals surface area contributed by atoms with Crippen molar-refractivity contribution < 1.29 is 28.8 Å². The number of anilines is 1. The van der Waals surface area contributed by atoms with Crippen LogP contribution in [0.2, 0.25) is 10.0 Å². The van der Waals surface area contributed by atoms with Crippen LogP contribution in [0.5, 0.6) is 5.75 Å². The first-order valence-electron chi connectivity index (χ1n) is 11.2. The summed E-state index contributed by atoms with van der Waals surface area (Å²) in [6.45, 7) is 2.05. The number of carbonyl (C=O) groups excluding carboxylic acids is 4. The summed E-state index contributed by atoms with van der Waals surface area (Å²) in [5, 5.41) is 13.6. The number of non-ortho nitro benzene ring substituents is 1. The lowest BCUT2D eigenvalue weighted by Gasteiger charge is -2.14. The maximum Gasteiger partial charge on any atom is 0.311 e. The molecule has 1 aliphatic rings. The highest BCUT2D eigenvalue weighted by Crippen LogP contribution is 2.29. The zero-order valence-electron chi connectivity index (χ0n) is 19.3. The van der Waals surface area contributed by atoms with Crippen molar-refractivity contribution in [1.29, 1.82) is 0 Å². The average Bonchev–Trinajstić information content (AvgIpc) is 3.06. The molecule has 12 heteroatoms. The quantitative estimate of drug-likeness (QED) is 0.113. The number of likely N-dealkylation sites (tertiary alicyclic amines) is 1. The molecular formula is C24H23Cl2N3O7. The number of nitrogens with zero attached hydrogens (tertiary/aromatic N) is 2. The number of unbranched alkanes of at least 4 members (excludes halogenated alkanes) is 2. The largest absolute Gasteiger partial charge is 0.426 e. The summed E-state index contributed by atoms with van der Waals surface area (Å²) in [6.07, 6.45) is 1.95. The molecule has 0 aliphatic carbocycles. The summed E-state index contributed by atoms with van der Waals surface area (Å²) < 4.78 is 5.37. The van der Waals surface area contributed by atoms with Crippen LogP contribution in [0.4, 0.5) is 11.4 Å². The van der Waals surface area contributed by atoms with Crippen molar-refractivity contribution >= 4 is 58.3 Å². The fourth-order valence-corrected chi connectivity index (χ4v) is 4.04. The Morgan fingerprint density at radius 2 is 1.89 bits per heavy atom. The zero-order chi connectivity index (χ0) is 26.4. The van der Waals surface area contributed by atoms with Crippen LogP contribution in [0.25, 0.3) is 0 Å². The van der Waals surface area contributed by atoms with Crippen molar-refractivity contribution in [2.75, 3.05) is 11.9 Å². The van der Waals surface area contributed by atoms with Gasteiger partial charge in [0.15, 0.2) is 0 Å². The Morgan fingerprint density at radius 1 is 1.14 bits per heavy atom. The van der Waals surface area contributed by atoms with E-state index < -0.39 is 16.8 Å². The summed E-state index contributed by atoms with van der Waals surface area (Å²) in [6, 6.07) is 7.76. The number of nitrogens with one attached hydrogen (secondary N) is 1. The Balaban J connectivity index is 1.55. The number of carbonyl (C=O) groups is 4. The molecule has 2 aromatic rings. The van der Waals surface area contributed by atoms with Crippen molar-refractivity contribution in [3.05, 3.63) is 62.1 Å². The molecule has 1 saturated heterocycles. The molecular weight excluding hydrogens is 513 g/mol. The number of benzene rings is 2. The van der Waals surface area contributed by atoms with Crippen LogP contribution in [0.3, 0.4) is 0 Å². The minimum atomic E-state index is -0.676. The van der Waals surface area contributed by atoms with E-state index in [1.807, 2.05) is 0 Å². The van der Waals surface area contributed by atoms with E-state index in [4.69, 9.17) is 27.9 Å². The molecule has 1 atom stereocenters. The van der Waals surface area contributed by atoms with Crippen LogP contribution in [-0.2, 0) is 14.4 Å². The zero-order valence-corrected chi connectivity index (χ0v) is 20.8. The summed E-state index contributed by atoms with van der Waals surface area (Å²) in [5.41, 5.74) is -0.122. The summed E-state index contributed by atoms with van der Waals surface area (Å²) in [4.78, 5) is 60.5. The van der Waals surface area contributed by atoms with Crippen molar-refractivity contribution in [2.45, 2.75) is 39.0 Å². The number of ether oxygens (including phenoxy) is 1. The molecule has 1 aliphatic heterocycles. The van der Waals surface area contributed by atoms with E-state index in [1.54, 1.807) is 6.92 Å². The van der Waals surface area contributed by atoms with E-state index in [0.717, 1.165) is 6.07 Å². The van der Waals surface area contributed by atoms with Crippen molar-refractivity contribution in [2.24, 2.45) is 5.92 Å². The molecule has 2 aromatic carbocycles. The minimum absolute atomic E-state index is 0.0119. The van der Waals surface area contributed by atoms with Gasteiger partial charge in [0.2, 0.25) is 11.8 Å². The van der Waals surface area contributed by atoms with E-state index in [1.165, 1.54) is 35.2 Å². The lowest BCUT2D eigenvalue weighted by molar-refractivity contribution is -0.384. The average molecular weight is 536 g/mol. The van der Waals surface area contributed by atoms with Gasteiger partial charge in [-0.3, -0.25) is 34.2 Å². The molecule has 0 bridgehead atoms. The van der Waals surface area contributed by atoms with Crippen molar-refractivity contribution in [3.63, 3.8) is 0 Å². The topological polar surface area (TPSA) is 136 Å². The molecule has 3 amide bonds. The van der Waals surface area contributed by atoms with Gasteiger partial charge < -0.3 is 10.1 Å². The Labute approximate surface area is 216 Å². The lowest BCUT2D eigenvalue weighted by atomic mass is 10.1. The van der Waals surface area contributed by atoms with E-state index in [9.17, 15) is 29.3 Å². The monoisotopic (exact) mass is 535 g/mol. The Bertz CT molecular complexity index is 1220. The fourth-order valence-electron chi connectivity index (χ4n) is 3.65. The second-order valence-electron chi connectivity index (χ2n) is 8.29. The number of nitro groups is 1. The van der Waals surface area contributed by atoms with E-state index in [2.05, 4.69) is 5.32 Å². The molecule has 1 unspecified atom stereocenters. The lowest BCUT2D eigenvalue weighted by Crippen LogP contribution is -2.31. The van der Waals surface area contributed by atoms with Gasteiger partial charge in [0.25, 0.3) is 11.6 Å². The molecule has 0 spiro atoms. The van der Waals surface area contributed by atoms with Gasteiger partial charge in [-0.15, -0.1) is 0 Å². The van der Waals surface area contributed by atoms with Crippen LogP contribution >= 0.6 is 23.2 Å². The summed E-state index contributed by atoms with van der Waals surface area (Å²) >= 11 is 12.1. The standard InChI is InChI=1S/C24H23Cl2N3O7/c1-14-11-21(30)28(24(14)33)10-4-2-3-5-22(31)36-20-9-6-15(25)12-17(20)23(32)27-19-8-7-16(29(34)35)13-18(19)26/h6-9,12-14H,2-5,10-11H2,1H3,(H,27,32). The first-order valence-corrected chi connectivity index (χ1v) is 11.9. The molecule has 1 heterocycles. The number of imide groups is 1. The third-order valence-electron chi connectivity index (χ3n) is 5.55. The highest BCUT2D eigenvalue weighted by atomic mass is 35.5. The molecule has 10 nitrogen and oxygen atoms in total. The van der Waals surface area contributed by atoms with Crippen LogP contribution in [-0.4, -0.2) is 40.1 Å². The minimum Gasteiger partial charge on any atom is -0.426 e.